The predicted octanol–water partition coefficient (Wildman–Crippen LogP) is 1.71. The van der Waals surface area contributed by atoms with Crippen LogP contribution in [-0.4, -0.2) is 42.4 Å². The number of rotatable bonds is 8. The predicted molar refractivity (Wildman–Crippen MR) is 63.1 cm³/mol. The summed E-state index contributed by atoms with van der Waals surface area (Å²) >= 11 is 5.60. The molecule has 0 amide bonds. The first-order valence-corrected chi connectivity index (χ1v) is 6.06. The van der Waals surface area contributed by atoms with Gasteiger partial charge in [0.1, 0.15) is 0 Å². The monoisotopic (exact) mass is 247 g/mol. The van der Waals surface area contributed by atoms with Crippen molar-refractivity contribution in [2.45, 2.75) is 20.3 Å². The number of hydrogen-bond donors (Lipinski definition) is 0. The van der Waals surface area contributed by atoms with Crippen molar-refractivity contribution in [1.82, 2.24) is 10.2 Å². The lowest BCUT2D eigenvalue weighted by Gasteiger charge is -2.17. The molecule has 5 nitrogen and oxygen atoms in total. The van der Waals surface area contributed by atoms with E-state index in [9.17, 15) is 0 Å². The molecular weight excluding hydrogens is 230 g/mol. The zero-order valence-electron chi connectivity index (χ0n) is 9.78. The quantitative estimate of drug-likeness (QED) is 0.517. The van der Waals surface area contributed by atoms with Crippen molar-refractivity contribution < 1.29 is 9.15 Å². The van der Waals surface area contributed by atoms with Crippen LogP contribution in [0.2, 0.25) is 0 Å². The second-order valence-electron chi connectivity index (χ2n) is 3.19. The Morgan fingerprint density at radius 3 is 2.81 bits per heavy atom. The van der Waals surface area contributed by atoms with Gasteiger partial charge in [0.05, 0.1) is 6.61 Å². The zero-order valence-corrected chi connectivity index (χ0v) is 10.5. The zero-order chi connectivity index (χ0) is 11.8. The van der Waals surface area contributed by atoms with Crippen molar-refractivity contribution in [2.24, 2.45) is 0 Å². The van der Waals surface area contributed by atoms with Gasteiger partial charge in [0.15, 0.2) is 0 Å². The largest absolute Gasteiger partial charge is 0.408 e. The molecule has 1 aromatic heterocycles. The second-order valence-corrected chi connectivity index (χ2v) is 3.57. The average molecular weight is 248 g/mol. The number of halogens is 1. The van der Waals surface area contributed by atoms with E-state index in [-0.39, 0.29) is 0 Å². The summed E-state index contributed by atoms with van der Waals surface area (Å²) in [4.78, 5) is 1.99. The Morgan fingerprint density at radius 2 is 2.19 bits per heavy atom. The molecule has 0 aromatic carbocycles. The van der Waals surface area contributed by atoms with E-state index >= 15 is 0 Å². The molecule has 0 atom stereocenters. The van der Waals surface area contributed by atoms with Crippen LogP contribution in [0.4, 0.5) is 6.01 Å². The molecule has 0 unspecified atom stereocenters. The van der Waals surface area contributed by atoms with Gasteiger partial charge in [-0.1, -0.05) is 5.10 Å². The van der Waals surface area contributed by atoms with Crippen LogP contribution < -0.4 is 4.90 Å². The van der Waals surface area contributed by atoms with Gasteiger partial charge in [-0.05, 0) is 13.8 Å². The molecule has 1 aromatic rings. The van der Waals surface area contributed by atoms with Crippen LogP contribution in [-0.2, 0) is 11.2 Å². The van der Waals surface area contributed by atoms with E-state index in [1.165, 1.54) is 0 Å². The first kappa shape index (κ1) is 13.3. The van der Waals surface area contributed by atoms with Crippen molar-refractivity contribution in [3.05, 3.63) is 5.89 Å². The second kappa shape index (κ2) is 7.46. The van der Waals surface area contributed by atoms with Crippen LogP contribution in [0.1, 0.15) is 19.7 Å². The number of ether oxygens (including phenoxy) is 1. The van der Waals surface area contributed by atoms with E-state index in [0.717, 1.165) is 19.7 Å². The fourth-order valence-corrected chi connectivity index (χ4v) is 1.42. The highest BCUT2D eigenvalue weighted by Crippen LogP contribution is 2.12. The van der Waals surface area contributed by atoms with E-state index in [1.807, 2.05) is 18.7 Å². The third-order valence-electron chi connectivity index (χ3n) is 2.13. The number of aromatic nitrogens is 2. The highest BCUT2D eigenvalue weighted by atomic mass is 35.5. The molecule has 0 saturated heterocycles. The number of alkyl halides is 1. The Kier molecular flexibility index (Phi) is 6.18. The van der Waals surface area contributed by atoms with E-state index in [4.69, 9.17) is 20.8 Å². The molecule has 1 rings (SSSR count). The minimum atomic E-state index is 0.493. The maximum absolute atomic E-state index is 5.60. The van der Waals surface area contributed by atoms with Crippen LogP contribution in [0.3, 0.4) is 0 Å². The van der Waals surface area contributed by atoms with Crippen LogP contribution in [0.15, 0.2) is 4.42 Å². The van der Waals surface area contributed by atoms with Crippen molar-refractivity contribution in [2.75, 3.05) is 37.1 Å². The molecule has 0 radical (unpaired) electrons. The van der Waals surface area contributed by atoms with E-state index in [0.29, 0.717) is 30.8 Å². The lowest BCUT2D eigenvalue weighted by Crippen LogP contribution is -2.27. The molecule has 1 heterocycles. The Balaban J connectivity index is 2.49. The minimum absolute atomic E-state index is 0.493. The first-order valence-electron chi connectivity index (χ1n) is 5.52. The van der Waals surface area contributed by atoms with Crippen LogP contribution in [0.25, 0.3) is 0 Å². The average Bonchev–Trinajstić information content (AvgIpc) is 2.74. The summed E-state index contributed by atoms with van der Waals surface area (Å²) in [5, 5.41) is 7.90. The van der Waals surface area contributed by atoms with Crippen molar-refractivity contribution in [3.63, 3.8) is 0 Å². The topological polar surface area (TPSA) is 51.4 Å². The smallest absolute Gasteiger partial charge is 0.318 e. The molecule has 0 N–H and O–H groups in total. The molecular formula is C10H18ClN3O2. The van der Waals surface area contributed by atoms with Gasteiger partial charge in [-0.15, -0.1) is 16.7 Å². The standard InChI is InChI=1S/C10H18ClN3O2/c1-3-14(7-8-15-4-2)10-13-12-9(16-10)5-6-11/h3-8H2,1-2H3. The lowest BCUT2D eigenvalue weighted by atomic mass is 10.5. The number of aryl methyl sites for hydroxylation is 1. The molecule has 92 valence electrons. The molecule has 0 spiro atoms. The van der Waals surface area contributed by atoms with Gasteiger partial charge in [0.2, 0.25) is 5.89 Å². The van der Waals surface area contributed by atoms with Gasteiger partial charge in [0.25, 0.3) is 0 Å². The summed E-state index contributed by atoms with van der Waals surface area (Å²) in [6.45, 7) is 6.97. The fourth-order valence-electron chi connectivity index (χ4n) is 1.26. The van der Waals surface area contributed by atoms with Gasteiger partial charge in [-0.25, -0.2) is 0 Å². The fraction of sp³-hybridized carbons (Fsp3) is 0.800. The number of likely N-dealkylation sites (N-methyl/N-ethyl adjacent to an activating group) is 1. The molecule has 0 aliphatic carbocycles. The summed E-state index contributed by atoms with van der Waals surface area (Å²) < 4.78 is 10.8. The maximum atomic E-state index is 5.60. The third-order valence-corrected chi connectivity index (χ3v) is 2.32. The highest BCUT2D eigenvalue weighted by Gasteiger charge is 2.12. The Hall–Kier alpha value is -0.810. The minimum Gasteiger partial charge on any atom is -0.408 e. The first-order chi connectivity index (χ1) is 7.81. The molecule has 6 heteroatoms. The van der Waals surface area contributed by atoms with E-state index < -0.39 is 0 Å². The molecule has 0 bridgehead atoms. The van der Waals surface area contributed by atoms with Gasteiger partial charge in [-0.3, -0.25) is 0 Å². The van der Waals surface area contributed by atoms with Gasteiger partial charge >= 0.3 is 6.01 Å². The highest BCUT2D eigenvalue weighted by molar-refractivity contribution is 6.17. The Morgan fingerprint density at radius 1 is 1.38 bits per heavy atom. The summed E-state index contributed by atoms with van der Waals surface area (Å²) in [5.74, 6) is 1.08. The summed E-state index contributed by atoms with van der Waals surface area (Å²) in [7, 11) is 0. The Bertz CT molecular complexity index is 293. The summed E-state index contributed by atoms with van der Waals surface area (Å²) in [5.41, 5.74) is 0. The van der Waals surface area contributed by atoms with E-state index in [1.54, 1.807) is 0 Å². The Labute approximate surface area is 101 Å². The molecule has 0 fully saturated rings. The SMILES string of the molecule is CCOCCN(CC)c1nnc(CCCl)o1. The van der Waals surface area contributed by atoms with Gasteiger partial charge in [0, 0.05) is 32.0 Å². The van der Waals surface area contributed by atoms with Gasteiger partial charge < -0.3 is 14.1 Å². The molecule has 0 aliphatic rings. The van der Waals surface area contributed by atoms with Crippen LogP contribution >= 0.6 is 11.6 Å². The number of anilines is 1. The number of nitrogens with zero attached hydrogens (tertiary/aromatic N) is 3. The van der Waals surface area contributed by atoms with Crippen LogP contribution in [0.5, 0.6) is 0 Å². The molecule has 0 saturated carbocycles. The third kappa shape index (κ3) is 3.98. The van der Waals surface area contributed by atoms with Gasteiger partial charge in [-0.2, -0.15) is 0 Å². The van der Waals surface area contributed by atoms with Crippen molar-refractivity contribution >= 4 is 17.6 Å². The lowest BCUT2D eigenvalue weighted by molar-refractivity contribution is 0.153. The van der Waals surface area contributed by atoms with Crippen molar-refractivity contribution in [1.29, 1.82) is 0 Å². The van der Waals surface area contributed by atoms with Crippen LogP contribution in [0, 0.1) is 0 Å². The molecule has 0 aliphatic heterocycles. The normalized spacial score (nSPS) is 10.7. The summed E-state index contributed by atoms with van der Waals surface area (Å²) in [6.07, 6.45) is 0.609. The summed E-state index contributed by atoms with van der Waals surface area (Å²) in [6, 6.07) is 0.544. The molecule has 16 heavy (non-hydrogen) atoms. The van der Waals surface area contributed by atoms with E-state index in [2.05, 4.69) is 10.2 Å². The number of hydrogen-bond acceptors (Lipinski definition) is 5. The van der Waals surface area contributed by atoms with Crippen molar-refractivity contribution in [3.8, 4) is 0 Å². The maximum Gasteiger partial charge on any atom is 0.318 e.